The maximum absolute atomic E-state index is 13.9. The SMILES string of the molecule is C#CCCOc1ccc(C(C)NCCC)c(F)c1. The van der Waals surface area contributed by atoms with Gasteiger partial charge in [-0.3, -0.25) is 0 Å². The molecule has 1 atom stereocenters. The fraction of sp³-hybridized carbons (Fsp3) is 0.467. The first-order valence-corrected chi connectivity index (χ1v) is 6.28. The van der Waals surface area contributed by atoms with E-state index in [1.807, 2.05) is 6.92 Å². The second-order valence-electron chi connectivity index (χ2n) is 4.16. The summed E-state index contributed by atoms with van der Waals surface area (Å²) in [5.41, 5.74) is 0.660. The van der Waals surface area contributed by atoms with E-state index in [0.717, 1.165) is 13.0 Å². The molecule has 0 fully saturated rings. The Labute approximate surface area is 109 Å². The number of ether oxygens (including phenoxy) is 1. The number of rotatable bonds is 7. The van der Waals surface area contributed by atoms with Crippen molar-refractivity contribution in [1.82, 2.24) is 5.32 Å². The normalized spacial score (nSPS) is 11.9. The minimum Gasteiger partial charge on any atom is -0.492 e. The molecule has 2 nitrogen and oxygen atoms in total. The van der Waals surface area contributed by atoms with Crippen LogP contribution in [0.2, 0.25) is 0 Å². The van der Waals surface area contributed by atoms with Gasteiger partial charge in [0.25, 0.3) is 0 Å². The van der Waals surface area contributed by atoms with Crippen LogP contribution in [-0.4, -0.2) is 13.2 Å². The molecule has 1 unspecified atom stereocenters. The highest BCUT2D eigenvalue weighted by molar-refractivity contribution is 5.30. The van der Waals surface area contributed by atoms with Crippen LogP contribution in [0.4, 0.5) is 4.39 Å². The first-order valence-electron chi connectivity index (χ1n) is 6.28. The summed E-state index contributed by atoms with van der Waals surface area (Å²) in [6, 6.07) is 4.95. The topological polar surface area (TPSA) is 21.3 Å². The van der Waals surface area contributed by atoms with E-state index < -0.39 is 0 Å². The van der Waals surface area contributed by atoms with E-state index in [9.17, 15) is 4.39 Å². The average molecular weight is 249 g/mol. The molecular weight excluding hydrogens is 229 g/mol. The van der Waals surface area contributed by atoms with Gasteiger partial charge in [0.05, 0.1) is 6.61 Å². The predicted molar refractivity (Wildman–Crippen MR) is 72.1 cm³/mol. The minimum atomic E-state index is -0.246. The standard InChI is InChI=1S/C15H20FNO/c1-4-6-10-18-13-7-8-14(15(16)11-13)12(3)17-9-5-2/h1,7-8,11-12,17H,5-6,9-10H2,2-3H3. The van der Waals surface area contributed by atoms with Crippen molar-refractivity contribution in [2.75, 3.05) is 13.2 Å². The number of benzene rings is 1. The van der Waals surface area contributed by atoms with E-state index in [1.54, 1.807) is 12.1 Å². The molecule has 1 N–H and O–H groups in total. The average Bonchev–Trinajstić information content (AvgIpc) is 2.36. The Balaban J connectivity index is 2.64. The van der Waals surface area contributed by atoms with Crippen LogP contribution in [0.15, 0.2) is 18.2 Å². The van der Waals surface area contributed by atoms with Crippen molar-refractivity contribution in [3.05, 3.63) is 29.6 Å². The van der Waals surface area contributed by atoms with Gasteiger partial charge >= 0.3 is 0 Å². The second-order valence-corrected chi connectivity index (χ2v) is 4.16. The Morgan fingerprint density at radius 3 is 2.89 bits per heavy atom. The van der Waals surface area contributed by atoms with E-state index in [4.69, 9.17) is 11.2 Å². The van der Waals surface area contributed by atoms with Crippen molar-refractivity contribution in [2.45, 2.75) is 32.7 Å². The van der Waals surface area contributed by atoms with Gasteiger partial charge in [0.15, 0.2) is 0 Å². The van der Waals surface area contributed by atoms with Gasteiger partial charge in [0, 0.05) is 24.1 Å². The molecule has 1 aromatic carbocycles. The second kappa shape index (κ2) is 7.73. The molecule has 98 valence electrons. The van der Waals surface area contributed by atoms with Gasteiger partial charge < -0.3 is 10.1 Å². The quantitative estimate of drug-likeness (QED) is 0.591. The van der Waals surface area contributed by atoms with Crippen molar-refractivity contribution < 1.29 is 9.13 Å². The van der Waals surface area contributed by atoms with Crippen LogP contribution in [0.3, 0.4) is 0 Å². The summed E-state index contributed by atoms with van der Waals surface area (Å²) in [6.45, 7) is 5.32. The van der Waals surface area contributed by atoms with E-state index in [-0.39, 0.29) is 11.9 Å². The number of nitrogens with one attached hydrogen (secondary N) is 1. The van der Waals surface area contributed by atoms with Crippen LogP contribution in [0.5, 0.6) is 5.75 Å². The lowest BCUT2D eigenvalue weighted by Crippen LogP contribution is -2.20. The van der Waals surface area contributed by atoms with E-state index in [0.29, 0.717) is 24.3 Å². The van der Waals surface area contributed by atoms with Crippen LogP contribution < -0.4 is 10.1 Å². The smallest absolute Gasteiger partial charge is 0.131 e. The molecule has 0 amide bonds. The largest absolute Gasteiger partial charge is 0.492 e. The summed E-state index contributed by atoms with van der Waals surface area (Å²) in [6.07, 6.45) is 6.67. The molecule has 1 aromatic rings. The van der Waals surface area contributed by atoms with Crippen LogP contribution in [0.25, 0.3) is 0 Å². The van der Waals surface area contributed by atoms with Crippen LogP contribution >= 0.6 is 0 Å². The molecule has 0 saturated heterocycles. The molecule has 0 aliphatic carbocycles. The van der Waals surface area contributed by atoms with E-state index in [2.05, 4.69) is 18.2 Å². The lowest BCUT2D eigenvalue weighted by Gasteiger charge is -2.15. The van der Waals surface area contributed by atoms with Gasteiger partial charge in [-0.2, -0.15) is 0 Å². The van der Waals surface area contributed by atoms with Crippen LogP contribution in [0, 0.1) is 18.2 Å². The third-order valence-corrected chi connectivity index (χ3v) is 2.65. The van der Waals surface area contributed by atoms with E-state index in [1.165, 1.54) is 6.07 Å². The Morgan fingerprint density at radius 2 is 2.28 bits per heavy atom. The van der Waals surface area contributed by atoms with Crippen molar-refractivity contribution >= 4 is 0 Å². The fourth-order valence-corrected chi connectivity index (χ4v) is 1.65. The van der Waals surface area contributed by atoms with Gasteiger partial charge in [-0.05, 0) is 26.0 Å². The highest BCUT2D eigenvalue weighted by Gasteiger charge is 2.10. The van der Waals surface area contributed by atoms with Crippen molar-refractivity contribution in [3.8, 4) is 18.1 Å². The van der Waals surface area contributed by atoms with Gasteiger partial charge in [0.2, 0.25) is 0 Å². The fourth-order valence-electron chi connectivity index (χ4n) is 1.65. The summed E-state index contributed by atoms with van der Waals surface area (Å²) in [4.78, 5) is 0. The molecule has 0 aliphatic rings. The van der Waals surface area contributed by atoms with E-state index >= 15 is 0 Å². The van der Waals surface area contributed by atoms with Gasteiger partial charge in [-0.15, -0.1) is 12.3 Å². The lowest BCUT2D eigenvalue weighted by molar-refractivity contribution is 0.325. The zero-order valence-corrected chi connectivity index (χ0v) is 11.0. The molecule has 3 heteroatoms. The molecule has 0 radical (unpaired) electrons. The molecular formula is C15H20FNO. The highest BCUT2D eigenvalue weighted by atomic mass is 19.1. The first-order chi connectivity index (χ1) is 8.69. The van der Waals surface area contributed by atoms with Crippen LogP contribution in [0.1, 0.15) is 38.3 Å². The molecule has 0 spiro atoms. The maximum Gasteiger partial charge on any atom is 0.131 e. The molecule has 0 saturated carbocycles. The summed E-state index contributed by atoms with van der Waals surface area (Å²) in [5, 5.41) is 3.25. The summed E-state index contributed by atoms with van der Waals surface area (Å²) in [5.74, 6) is 2.75. The third-order valence-electron chi connectivity index (χ3n) is 2.65. The maximum atomic E-state index is 13.9. The van der Waals surface area contributed by atoms with Crippen molar-refractivity contribution in [3.63, 3.8) is 0 Å². The van der Waals surface area contributed by atoms with Gasteiger partial charge in [-0.1, -0.05) is 13.0 Å². The number of terminal acetylenes is 1. The number of hydrogen-bond acceptors (Lipinski definition) is 2. The molecule has 0 bridgehead atoms. The Kier molecular flexibility index (Phi) is 6.24. The molecule has 0 aliphatic heterocycles. The molecule has 0 heterocycles. The minimum absolute atomic E-state index is 0.00436. The lowest BCUT2D eigenvalue weighted by atomic mass is 10.1. The number of halogens is 1. The monoisotopic (exact) mass is 249 g/mol. The van der Waals surface area contributed by atoms with Gasteiger partial charge in [-0.25, -0.2) is 4.39 Å². The number of hydrogen-bond donors (Lipinski definition) is 1. The molecule has 0 aromatic heterocycles. The summed E-state index contributed by atoms with van der Waals surface area (Å²) in [7, 11) is 0. The zero-order chi connectivity index (χ0) is 13.4. The third kappa shape index (κ3) is 4.38. The Hall–Kier alpha value is -1.53. The molecule has 1 rings (SSSR count). The summed E-state index contributed by atoms with van der Waals surface area (Å²) < 4.78 is 19.2. The zero-order valence-electron chi connectivity index (χ0n) is 11.0. The first kappa shape index (κ1) is 14.5. The summed E-state index contributed by atoms with van der Waals surface area (Å²) >= 11 is 0. The van der Waals surface area contributed by atoms with Crippen molar-refractivity contribution in [1.29, 1.82) is 0 Å². The highest BCUT2D eigenvalue weighted by Crippen LogP contribution is 2.22. The Morgan fingerprint density at radius 1 is 1.50 bits per heavy atom. The van der Waals surface area contributed by atoms with Gasteiger partial charge in [0.1, 0.15) is 11.6 Å². The predicted octanol–water partition coefficient (Wildman–Crippen LogP) is 3.29. The Bertz CT molecular complexity index is 411. The van der Waals surface area contributed by atoms with Crippen molar-refractivity contribution in [2.24, 2.45) is 0 Å². The molecule has 18 heavy (non-hydrogen) atoms. The van der Waals surface area contributed by atoms with Crippen LogP contribution in [-0.2, 0) is 0 Å².